The second-order valence-electron chi connectivity index (χ2n) is 10.3. The molecule has 12 heteroatoms. The van der Waals surface area contributed by atoms with Gasteiger partial charge in [0, 0.05) is 53.9 Å². The monoisotopic (exact) mass is 620 g/mol. The summed E-state index contributed by atoms with van der Waals surface area (Å²) >= 11 is 14.7. The lowest BCUT2D eigenvalue weighted by Gasteiger charge is -2.44. The van der Waals surface area contributed by atoms with Crippen molar-refractivity contribution in [1.29, 1.82) is 0 Å². The molecule has 2 aromatic carbocycles. The van der Waals surface area contributed by atoms with Gasteiger partial charge in [0.25, 0.3) is 0 Å². The van der Waals surface area contributed by atoms with E-state index in [0.717, 1.165) is 10.3 Å². The number of carbonyl (C=O) groups excluding carboxylic acids is 1. The van der Waals surface area contributed by atoms with Crippen LogP contribution in [-0.4, -0.2) is 77.7 Å². The van der Waals surface area contributed by atoms with Crippen molar-refractivity contribution in [3.05, 3.63) is 63.3 Å². The number of thioether (sulfide) groups is 1. The first-order valence-electron chi connectivity index (χ1n) is 13.3. The SMILES string of the molecule is C=CC(=O)N1C(C)CN(c2nc(=O)n3c4c(c(-c5ccc(F)c(Cl)c5)c(Cl)cc24)SCC(OCCOC)C3)CC1C. The molecule has 2 aliphatic rings. The molecule has 0 bridgehead atoms. The average Bonchev–Trinajstić information content (AvgIpc) is 3.12. The zero-order valence-electron chi connectivity index (χ0n) is 23.0. The predicted octanol–water partition coefficient (Wildman–Crippen LogP) is 5.26. The number of nitrogens with zero attached hydrogens (tertiary/aromatic N) is 4. The molecule has 0 saturated carbocycles. The minimum Gasteiger partial charge on any atom is -0.382 e. The summed E-state index contributed by atoms with van der Waals surface area (Å²) in [6.07, 6.45) is 1.04. The molecule has 1 aromatic heterocycles. The van der Waals surface area contributed by atoms with Crippen LogP contribution >= 0.6 is 35.0 Å². The summed E-state index contributed by atoms with van der Waals surface area (Å²) in [5.74, 6) is 0.399. The van der Waals surface area contributed by atoms with Crippen molar-refractivity contribution in [1.82, 2.24) is 14.5 Å². The molecule has 1 saturated heterocycles. The quantitative estimate of drug-likeness (QED) is 0.263. The Hall–Kier alpha value is -2.63. The second kappa shape index (κ2) is 12.3. The average molecular weight is 622 g/mol. The molecule has 0 spiro atoms. The van der Waals surface area contributed by atoms with Crippen molar-refractivity contribution < 1.29 is 18.7 Å². The lowest BCUT2D eigenvalue weighted by molar-refractivity contribution is -0.130. The van der Waals surface area contributed by atoms with Crippen LogP contribution < -0.4 is 10.6 Å². The van der Waals surface area contributed by atoms with Gasteiger partial charge in [-0.3, -0.25) is 9.36 Å². The molecule has 0 aliphatic carbocycles. The second-order valence-corrected chi connectivity index (χ2v) is 12.1. The van der Waals surface area contributed by atoms with Crippen LogP contribution in [-0.2, 0) is 20.8 Å². The van der Waals surface area contributed by atoms with Gasteiger partial charge < -0.3 is 19.3 Å². The fourth-order valence-electron chi connectivity index (χ4n) is 5.70. The molecule has 3 unspecified atom stereocenters. The van der Waals surface area contributed by atoms with Gasteiger partial charge in [-0.2, -0.15) is 4.98 Å². The number of rotatable bonds is 7. The molecule has 0 radical (unpaired) electrons. The normalized spacial score (nSPS) is 20.8. The van der Waals surface area contributed by atoms with Gasteiger partial charge in [-0.25, -0.2) is 9.18 Å². The standard InChI is InChI=1S/C29H31Cl2FN4O4S/c1-5-24(37)36-16(2)12-34(13-17(36)3)28-20-11-22(31)25(18-6-7-23(32)21(30)10-18)27-26(20)35(29(38)33-28)14-19(15-41-27)40-9-8-39-4/h5-7,10-11,16-17,19H,1,8-9,12-15H2,2-4H3. The molecule has 1 amide bonds. The summed E-state index contributed by atoms with van der Waals surface area (Å²) in [7, 11) is 1.61. The Kier molecular flexibility index (Phi) is 8.96. The van der Waals surface area contributed by atoms with Crippen LogP contribution in [0.1, 0.15) is 13.8 Å². The summed E-state index contributed by atoms with van der Waals surface area (Å²) < 4.78 is 26.9. The zero-order valence-corrected chi connectivity index (χ0v) is 25.4. The number of piperazine rings is 1. The van der Waals surface area contributed by atoms with Crippen LogP contribution in [0.2, 0.25) is 10.0 Å². The number of amides is 1. The van der Waals surface area contributed by atoms with E-state index in [1.807, 2.05) is 24.8 Å². The maximum absolute atomic E-state index is 14.1. The third kappa shape index (κ3) is 5.72. The molecule has 2 aliphatic heterocycles. The highest BCUT2D eigenvalue weighted by atomic mass is 35.5. The number of hydrogen-bond acceptors (Lipinski definition) is 7. The van der Waals surface area contributed by atoms with E-state index < -0.39 is 11.5 Å². The van der Waals surface area contributed by atoms with Gasteiger partial charge in [0.2, 0.25) is 5.91 Å². The van der Waals surface area contributed by atoms with Crippen molar-refractivity contribution in [3.63, 3.8) is 0 Å². The maximum Gasteiger partial charge on any atom is 0.350 e. The number of hydrogen-bond donors (Lipinski definition) is 0. The molecule has 8 nitrogen and oxygen atoms in total. The van der Waals surface area contributed by atoms with E-state index in [1.54, 1.807) is 28.7 Å². The smallest absolute Gasteiger partial charge is 0.350 e. The van der Waals surface area contributed by atoms with Gasteiger partial charge in [0.05, 0.1) is 41.4 Å². The molecule has 41 heavy (non-hydrogen) atoms. The number of ether oxygens (including phenoxy) is 2. The third-order valence-electron chi connectivity index (χ3n) is 7.45. The first-order chi connectivity index (χ1) is 19.6. The van der Waals surface area contributed by atoms with E-state index >= 15 is 0 Å². The van der Waals surface area contributed by atoms with E-state index in [0.29, 0.717) is 66.1 Å². The largest absolute Gasteiger partial charge is 0.382 e. The molecular weight excluding hydrogens is 590 g/mol. The summed E-state index contributed by atoms with van der Waals surface area (Å²) in [5, 5.41) is 1.12. The van der Waals surface area contributed by atoms with E-state index in [-0.39, 0.29) is 29.1 Å². The Balaban J connectivity index is 1.69. The van der Waals surface area contributed by atoms with Crippen LogP contribution in [0.25, 0.3) is 22.0 Å². The van der Waals surface area contributed by atoms with Crippen LogP contribution in [0, 0.1) is 5.82 Å². The van der Waals surface area contributed by atoms with E-state index in [4.69, 9.17) is 32.7 Å². The Bertz CT molecular complexity index is 1560. The van der Waals surface area contributed by atoms with Crippen molar-refractivity contribution in [3.8, 4) is 11.1 Å². The molecular formula is C29H31Cl2FN4O4S. The Labute approximate surface area is 252 Å². The van der Waals surface area contributed by atoms with Crippen LogP contribution in [0.5, 0.6) is 0 Å². The van der Waals surface area contributed by atoms with Crippen molar-refractivity contribution >= 4 is 57.6 Å². The fourth-order valence-corrected chi connectivity index (χ4v) is 7.53. The Morgan fingerprint density at radius 3 is 2.56 bits per heavy atom. The predicted molar refractivity (Wildman–Crippen MR) is 162 cm³/mol. The highest BCUT2D eigenvalue weighted by molar-refractivity contribution is 7.99. The number of benzene rings is 2. The molecule has 0 N–H and O–H groups in total. The highest BCUT2D eigenvalue weighted by Gasteiger charge is 2.35. The topological polar surface area (TPSA) is 76.9 Å². The molecule has 218 valence electrons. The molecule has 5 rings (SSSR count). The maximum atomic E-state index is 14.1. The van der Waals surface area contributed by atoms with Gasteiger partial charge >= 0.3 is 5.69 Å². The fraction of sp³-hybridized carbons (Fsp3) is 0.414. The minimum atomic E-state index is -0.529. The molecule has 3 heterocycles. The van der Waals surface area contributed by atoms with Gasteiger partial charge in [-0.1, -0.05) is 35.8 Å². The van der Waals surface area contributed by atoms with Gasteiger partial charge in [-0.05, 0) is 43.7 Å². The third-order valence-corrected chi connectivity index (χ3v) is 9.26. The van der Waals surface area contributed by atoms with Crippen LogP contribution in [0.15, 0.2) is 46.6 Å². The number of halogens is 3. The molecule has 1 fully saturated rings. The lowest BCUT2D eigenvalue weighted by atomic mass is 10.0. The van der Waals surface area contributed by atoms with E-state index in [9.17, 15) is 14.0 Å². The van der Waals surface area contributed by atoms with Gasteiger partial charge in [0.15, 0.2) is 0 Å². The minimum absolute atomic E-state index is 0.0204. The number of methoxy groups -OCH3 is 1. The molecule has 3 aromatic rings. The van der Waals surface area contributed by atoms with Crippen LogP contribution in [0.3, 0.4) is 0 Å². The van der Waals surface area contributed by atoms with Crippen molar-refractivity contribution in [2.45, 2.75) is 43.5 Å². The van der Waals surface area contributed by atoms with Gasteiger partial charge in [0.1, 0.15) is 11.6 Å². The number of carbonyl (C=O) groups is 1. The number of anilines is 1. The summed E-state index contributed by atoms with van der Waals surface area (Å²) in [4.78, 5) is 35.4. The molecule has 3 atom stereocenters. The Morgan fingerprint density at radius 1 is 1.17 bits per heavy atom. The Morgan fingerprint density at radius 2 is 1.90 bits per heavy atom. The first-order valence-corrected chi connectivity index (χ1v) is 15.0. The first kappa shape index (κ1) is 29.8. The van der Waals surface area contributed by atoms with E-state index in [2.05, 4.69) is 11.6 Å². The van der Waals surface area contributed by atoms with Gasteiger partial charge in [-0.15, -0.1) is 11.8 Å². The highest BCUT2D eigenvalue weighted by Crippen LogP contribution is 2.46. The lowest BCUT2D eigenvalue weighted by Crippen LogP contribution is -2.58. The number of aromatic nitrogens is 2. The van der Waals surface area contributed by atoms with Crippen molar-refractivity contribution in [2.75, 3.05) is 44.1 Å². The van der Waals surface area contributed by atoms with E-state index in [1.165, 1.54) is 23.9 Å². The van der Waals surface area contributed by atoms with Crippen molar-refractivity contribution in [2.24, 2.45) is 0 Å². The van der Waals surface area contributed by atoms with Crippen LogP contribution in [0.4, 0.5) is 10.2 Å². The zero-order chi connectivity index (χ0) is 29.4. The summed E-state index contributed by atoms with van der Waals surface area (Å²) in [6, 6.07) is 6.02. The summed E-state index contributed by atoms with van der Waals surface area (Å²) in [6.45, 7) is 9.64. The summed E-state index contributed by atoms with van der Waals surface area (Å²) in [5.41, 5.74) is 1.58.